The highest BCUT2D eigenvalue weighted by Gasteiger charge is 2.15. The largest absolute Gasteiger partial charge is 0.349 e. The van der Waals surface area contributed by atoms with E-state index in [4.69, 9.17) is 0 Å². The maximum atomic E-state index is 13.7. The molecule has 1 amide bonds. The van der Waals surface area contributed by atoms with Crippen molar-refractivity contribution < 1.29 is 18.4 Å². The molecule has 1 atom stereocenters. The van der Waals surface area contributed by atoms with Crippen LogP contribution in [0, 0.1) is 11.6 Å². The topological polar surface area (TPSA) is 46.2 Å². The zero-order valence-electron chi connectivity index (χ0n) is 13.0. The van der Waals surface area contributed by atoms with Crippen molar-refractivity contribution in [1.82, 2.24) is 5.32 Å². The first-order valence-electron chi connectivity index (χ1n) is 7.40. The molecule has 1 N–H and O–H groups in total. The van der Waals surface area contributed by atoms with Crippen molar-refractivity contribution in [2.45, 2.75) is 25.8 Å². The second-order valence-electron chi connectivity index (χ2n) is 5.39. The van der Waals surface area contributed by atoms with Gasteiger partial charge in [0.2, 0.25) is 5.91 Å². The number of benzene rings is 2. The quantitative estimate of drug-likeness (QED) is 0.728. The summed E-state index contributed by atoms with van der Waals surface area (Å²) in [5.41, 5.74) is 0.729. The van der Waals surface area contributed by atoms with Crippen molar-refractivity contribution in [3.63, 3.8) is 0 Å². The molecular weight excluding hydrogens is 380 g/mol. The molecule has 0 fully saturated rings. The molecule has 0 aliphatic heterocycles. The number of ketones is 1. The summed E-state index contributed by atoms with van der Waals surface area (Å²) in [6.07, 6.45) is 0.0636. The third-order valence-electron chi connectivity index (χ3n) is 3.55. The van der Waals surface area contributed by atoms with Crippen LogP contribution in [0.25, 0.3) is 0 Å². The summed E-state index contributed by atoms with van der Waals surface area (Å²) in [5, 5.41) is 2.61. The predicted molar refractivity (Wildman–Crippen MR) is 90.6 cm³/mol. The van der Waals surface area contributed by atoms with Crippen LogP contribution in [0.1, 0.15) is 41.7 Å². The summed E-state index contributed by atoms with van der Waals surface area (Å²) >= 11 is 3.29. The zero-order valence-corrected chi connectivity index (χ0v) is 14.6. The van der Waals surface area contributed by atoms with E-state index in [1.807, 2.05) is 0 Å². The maximum absolute atomic E-state index is 13.7. The highest BCUT2D eigenvalue weighted by molar-refractivity contribution is 9.10. The van der Waals surface area contributed by atoms with Crippen LogP contribution >= 0.6 is 15.9 Å². The Balaban J connectivity index is 1.88. The van der Waals surface area contributed by atoms with Gasteiger partial charge in [0.15, 0.2) is 5.78 Å². The van der Waals surface area contributed by atoms with Gasteiger partial charge >= 0.3 is 0 Å². The van der Waals surface area contributed by atoms with Crippen LogP contribution in [0.4, 0.5) is 8.78 Å². The first-order valence-corrected chi connectivity index (χ1v) is 8.19. The molecule has 0 spiro atoms. The minimum atomic E-state index is -0.714. The lowest BCUT2D eigenvalue weighted by atomic mass is 10.1. The fraction of sp³-hybridized carbons (Fsp3) is 0.222. The Morgan fingerprint density at radius 3 is 2.38 bits per heavy atom. The standard InChI is InChI=1S/C18H16BrF2NO2/c1-11(15-7-6-14(20)10-16(15)21)22-18(24)9-8-17(23)12-2-4-13(19)5-3-12/h2-7,10-11H,8-9H2,1H3,(H,22,24). The molecule has 0 aliphatic rings. The molecule has 1 unspecified atom stereocenters. The van der Waals surface area contributed by atoms with Crippen LogP contribution in [0.5, 0.6) is 0 Å². The Bertz CT molecular complexity index is 747. The van der Waals surface area contributed by atoms with E-state index in [-0.39, 0.29) is 30.1 Å². The summed E-state index contributed by atoms with van der Waals surface area (Å²) in [5.74, 6) is -1.89. The highest BCUT2D eigenvalue weighted by Crippen LogP contribution is 2.18. The molecule has 24 heavy (non-hydrogen) atoms. The molecular formula is C18H16BrF2NO2. The van der Waals surface area contributed by atoms with Crippen molar-refractivity contribution in [3.05, 3.63) is 69.7 Å². The molecule has 0 aromatic heterocycles. The van der Waals surface area contributed by atoms with E-state index in [0.29, 0.717) is 5.56 Å². The van der Waals surface area contributed by atoms with Crippen LogP contribution in [-0.4, -0.2) is 11.7 Å². The smallest absolute Gasteiger partial charge is 0.220 e. The van der Waals surface area contributed by atoms with Crippen LogP contribution in [-0.2, 0) is 4.79 Å². The van der Waals surface area contributed by atoms with Gasteiger partial charge in [-0.3, -0.25) is 9.59 Å². The number of hydrogen-bond acceptors (Lipinski definition) is 2. The number of halogens is 3. The Labute approximate surface area is 147 Å². The SMILES string of the molecule is CC(NC(=O)CCC(=O)c1ccc(Br)cc1)c1ccc(F)cc1F. The average Bonchev–Trinajstić information content (AvgIpc) is 2.53. The Morgan fingerprint density at radius 2 is 1.75 bits per heavy atom. The van der Waals surface area contributed by atoms with Gasteiger partial charge < -0.3 is 5.32 Å². The predicted octanol–water partition coefficient (Wildman–Crippen LogP) is 4.57. The average molecular weight is 396 g/mol. The van der Waals surface area contributed by atoms with Crippen LogP contribution in [0.3, 0.4) is 0 Å². The second kappa shape index (κ2) is 8.15. The van der Waals surface area contributed by atoms with Crippen molar-refractivity contribution in [3.8, 4) is 0 Å². The van der Waals surface area contributed by atoms with Crippen LogP contribution < -0.4 is 5.32 Å². The number of hydrogen-bond donors (Lipinski definition) is 1. The van der Waals surface area contributed by atoms with Gasteiger partial charge in [-0.2, -0.15) is 0 Å². The van der Waals surface area contributed by atoms with Gasteiger partial charge in [0.05, 0.1) is 6.04 Å². The molecule has 6 heteroatoms. The van der Waals surface area contributed by atoms with Gasteiger partial charge in [-0.1, -0.05) is 34.1 Å². The van der Waals surface area contributed by atoms with Crippen molar-refractivity contribution >= 4 is 27.6 Å². The third kappa shape index (κ3) is 4.96. The molecule has 2 rings (SSSR count). The summed E-state index contributed by atoms with van der Waals surface area (Å²) in [6.45, 7) is 1.60. The van der Waals surface area contributed by atoms with Crippen molar-refractivity contribution in [2.75, 3.05) is 0 Å². The zero-order chi connectivity index (χ0) is 17.7. The summed E-state index contributed by atoms with van der Waals surface area (Å²) in [6, 6.07) is 9.47. The van der Waals surface area contributed by atoms with Gasteiger partial charge in [0.25, 0.3) is 0 Å². The van der Waals surface area contributed by atoms with E-state index in [1.165, 1.54) is 6.07 Å². The number of nitrogens with one attached hydrogen (secondary N) is 1. The van der Waals surface area contributed by atoms with E-state index in [9.17, 15) is 18.4 Å². The summed E-state index contributed by atoms with van der Waals surface area (Å²) in [4.78, 5) is 23.9. The molecule has 0 radical (unpaired) electrons. The molecule has 2 aromatic carbocycles. The first kappa shape index (κ1) is 18.3. The van der Waals surface area contributed by atoms with Crippen LogP contribution in [0.15, 0.2) is 46.9 Å². The molecule has 0 aliphatic carbocycles. The minimum absolute atomic E-state index is 0.00203. The fourth-order valence-electron chi connectivity index (χ4n) is 2.25. The third-order valence-corrected chi connectivity index (χ3v) is 4.08. The number of amides is 1. The highest BCUT2D eigenvalue weighted by atomic mass is 79.9. The molecule has 3 nitrogen and oxygen atoms in total. The van der Waals surface area contributed by atoms with Gasteiger partial charge in [-0.15, -0.1) is 0 Å². The number of rotatable bonds is 6. The minimum Gasteiger partial charge on any atom is -0.349 e. The van der Waals surface area contributed by atoms with Gasteiger partial charge in [-0.25, -0.2) is 8.78 Å². The lowest BCUT2D eigenvalue weighted by Crippen LogP contribution is -2.27. The van der Waals surface area contributed by atoms with Gasteiger partial charge in [0, 0.05) is 34.5 Å². The molecule has 0 bridgehead atoms. The molecule has 0 saturated carbocycles. The second-order valence-corrected chi connectivity index (χ2v) is 6.30. The lowest BCUT2D eigenvalue weighted by Gasteiger charge is -2.15. The number of Topliss-reactive ketones (excluding diaryl/α,β-unsaturated/α-hetero) is 1. The fourth-order valence-corrected chi connectivity index (χ4v) is 2.52. The Hall–Kier alpha value is -2.08. The van der Waals surface area contributed by atoms with Crippen LogP contribution in [0.2, 0.25) is 0 Å². The van der Waals surface area contributed by atoms with E-state index in [0.717, 1.165) is 16.6 Å². The number of carbonyl (C=O) groups excluding carboxylic acids is 2. The first-order chi connectivity index (χ1) is 11.4. The van der Waals surface area contributed by atoms with Gasteiger partial charge in [0.1, 0.15) is 11.6 Å². The van der Waals surface area contributed by atoms with E-state index in [2.05, 4.69) is 21.2 Å². The lowest BCUT2D eigenvalue weighted by molar-refractivity contribution is -0.121. The summed E-state index contributed by atoms with van der Waals surface area (Å²) < 4.78 is 27.4. The normalized spacial score (nSPS) is 11.8. The van der Waals surface area contributed by atoms with Crippen molar-refractivity contribution in [2.24, 2.45) is 0 Å². The molecule has 0 heterocycles. The summed E-state index contributed by atoms with van der Waals surface area (Å²) in [7, 11) is 0. The number of carbonyl (C=O) groups is 2. The van der Waals surface area contributed by atoms with Gasteiger partial charge in [-0.05, 0) is 25.1 Å². The van der Waals surface area contributed by atoms with E-state index >= 15 is 0 Å². The van der Waals surface area contributed by atoms with E-state index in [1.54, 1.807) is 31.2 Å². The Kier molecular flexibility index (Phi) is 6.20. The molecule has 2 aromatic rings. The molecule has 126 valence electrons. The maximum Gasteiger partial charge on any atom is 0.220 e. The molecule has 0 saturated heterocycles. The van der Waals surface area contributed by atoms with Crippen molar-refractivity contribution in [1.29, 1.82) is 0 Å². The van der Waals surface area contributed by atoms with E-state index < -0.39 is 17.7 Å². The Morgan fingerprint density at radius 1 is 1.08 bits per heavy atom. The monoisotopic (exact) mass is 395 g/mol.